The van der Waals surface area contributed by atoms with Crippen molar-refractivity contribution in [3.05, 3.63) is 0 Å². The van der Waals surface area contributed by atoms with E-state index in [0.717, 1.165) is 5.92 Å². The Hall–Kier alpha value is 0. The van der Waals surface area contributed by atoms with Crippen molar-refractivity contribution in [3.8, 4) is 0 Å². The predicted octanol–water partition coefficient (Wildman–Crippen LogP) is 8.29. The molecule has 0 aliphatic heterocycles. The molecule has 0 spiro atoms. The Morgan fingerprint density at radius 3 is 1.19 bits per heavy atom. The molecule has 0 bridgehead atoms. The topological polar surface area (TPSA) is 0 Å². The second-order valence-corrected chi connectivity index (χ2v) is 7.12. The first-order valence-corrected chi connectivity index (χ1v) is 10.3. The molecule has 0 aromatic heterocycles. The van der Waals surface area contributed by atoms with Crippen molar-refractivity contribution in [3.63, 3.8) is 0 Å². The molecule has 0 rings (SSSR count). The third kappa shape index (κ3) is 16.2. The van der Waals surface area contributed by atoms with Gasteiger partial charge in [-0.05, 0) is 5.92 Å². The van der Waals surface area contributed by atoms with Crippen molar-refractivity contribution in [2.24, 2.45) is 5.92 Å². The van der Waals surface area contributed by atoms with Gasteiger partial charge in [0.05, 0.1) is 0 Å². The first-order chi connectivity index (χ1) is 10.3. The minimum absolute atomic E-state index is 1.04. The van der Waals surface area contributed by atoms with Crippen LogP contribution in [0.3, 0.4) is 0 Å². The Morgan fingerprint density at radius 2 is 0.762 bits per heavy atom. The highest BCUT2D eigenvalue weighted by molar-refractivity contribution is 4.60. The maximum atomic E-state index is 2.36. The SMILES string of the molecule is CCCCCCCCCCCC(CCC)CCCCCC. The van der Waals surface area contributed by atoms with Gasteiger partial charge < -0.3 is 0 Å². The van der Waals surface area contributed by atoms with E-state index in [1.807, 2.05) is 0 Å². The Kier molecular flexibility index (Phi) is 18.1. The average Bonchev–Trinajstić information content (AvgIpc) is 2.49. The van der Waals surface area contributed by atoms with Crippen molar-refractivity contribution in [2.45, 2.75) is 130 Å². The molecule has 0 heterocycles. The van der Waals surface area contributed by atoms with Gasteiger partial charge in [0.2, 0.25) is 0 Å². The Labute approximate surface area is 136 Å². The summed E-state index contributed by atoms with van der Waals surface area (Å²) >= 11 is 0. The van der Waals surface area contributed by atoms with Crippen LogP contribution in [0.25, 0.3) is 0 Å². The molecule has 0 aliphatic carbocycles. The minimum Gasteiger partial charge on any atom is -0.0654 e. The molecule has 0 saturated carbocycles. The summed E-state index contributed by atoms with van der Waals surface area (Å²) in [5, 5.41) is 0. The minimum atomic E-state index is 1.04. The van der Waals surface area contributed by atoms with Crippen LogP contribution in [-0.2, 0) is 0 Å². The van der Waals surface area contributed by atoms with Crippen LogP contribution in [0.2, 0.25) is 0 Å². The summed E-state index contributed by atoms with van der Waals surface area (Å²) in [6.45, 7) is 6.97. The third-order valence-electron chi connectivity index (χ3n) is 4.88. The van der Waals surface area contributed by atoms with Crippen LogP contribution in [-0.4, -0.2) is 0 Å². The van der Waals surface area contributed by atoms with Crippen molar-refractivity contribution < 1.29 is 0 Å². The summed E-state index contributed by atoms with van der Waals surface area (Å²) in [5.74, 6) is 1.04. The van der Waals surface area contributed by atoms with E-state index in [4.69, 9.17) is 0 Å². The molecule has 1 atom stereocenters. The lowest BCUT2D eigenvalue weighted by Gasteiger charge is -2.15. The Morgan fingerprint density at radius 1 is 0.381 bits per heavy atom. The van der Waals surface area contributed by atoms with Crippen molar-refractivity contribution in [1.29, 1.82) is 0 Å². The molecular formula is C21H44. The highest BCUT2D eigenvalue weighted by atomic mass is 14.1. The van der Waals surface area contributed by atoms with Crippen molar-refractivity contribution in [1.82, 2.24) is 0 Å². The largest absolute Gasteiger partial charge is 0.0654 e. The summed E-state index contributed by atoms with van der Waals surface area (Å²) in [6, 6.07) is 0. The number of hydrogen-bond donors (Lipinski definition) is 0. The fraction of sp³-hybridized carbons (Fsp3) is 1.00. The molecule has 0 saturated heterocycles. The van der Waals surface area contributed by atoms with Gasteiger partial charge in [0.25, 0.3) is 0 Å². The fourth-order valence-electron chi connectivity index (χ4n) is 3.44. The van der Waals surface area contributed by atoms with Gasteiger partial charge >= 0.3 is 0 Å². The first kappa shape index (κ1) is 21.0. The zero-order chi connectivity index (χ0) is 15.6. The number of hydrogen-bond acceptors (Lipinski definition) is 0. The van der Waals surface area contributed by atoms with Gasteiger partial charge in [-0.1, -0.05) is 130 Å². The highest BCUT2D eigenvalue weighted by Crippen LogP contribution is 2.23. The third-order valence-corrected chi connectivity index (χ3v) is 4.88. The van der Waals surface area contributed by atoms with Gasteiger partial charge in [-0.15, -0.1) is 0 Å². The Balaban J connectivity index is 3.38. The molecule has 0 fully saturated rings. The number of rotatable bonds is 17. The van der Waals surface area contributed by atoms with E-state index in [2.05, 4.69) is 20.8 Å². The molecule has 21 heavy (non-hydrogen) atoms. The van der Waals surface area contributed by atoms with Crippen molar-refractivity contribution in [2.75, 3.05) is 0 Å². The molecule has 0 nitrogen and oxygen atoms in total. The van der Waals surface area contributed by atoms with E-state index < -0.39 is 0 Å². The van der Waals surface area contributed by atoms with E-state index in [9.17, 15) is 0 Å². The van der Waals surface area contributed by atoms with Crippen LogP contribution in [0, 0.1) is 5.92 Å². The van der Waals surface area contributed by atoms with Gasteiger partial charge in [0.1, 0.15) is 0 Å². The normalized spacial score (nSPS) is 12.7. The molecule has 0 aromatic carbocycles. The van der Waals surface area contributed by atoms with Crippen LogP contribution in [0.4, 0.5) is 0 Å². The summed E-state index contributed by atoms with van der Waals surface area (Å²) in [7, 11) is 0. The van der Waals surface area contributed by atoms with Crippen LogP contribution >= 0.6 is 0 Å². The van der Waals surface area contributed by atoms with Crippen LogP contribution in [0.1, 0.15) is 130 Å². The maximum Gasteiger partial charge on any atom is -0.0414 e. The monoisotopic (exact) mass is 296 g/mol. The zero-order valence-electron chi connectivity index (χ0n) is 15.6. The summed E-state index contributed by atoms with van der Waals surface area (Å²) < 4.78 is 0. The predicted molar refractivity (Wildman–Crippen MR) is 99.0 cm³/mol. The molecule has 0 N–H and O–H groups in total. The smallest absolute Gasteiger partial charge is 0.0414 e. The molecule has 0 aromatic rings. The zero-order valence-corrected chi connectivity index (χ0v) is 15.6. The second kappa shape index (κ2) is 18.1. The number of unbranched alkanes of at least 4 members (excludes halogenated alkanes) is 11. The summed E-state index contributed by atoms with van der Waals surface area (Å²) in [4.78, 5) is 0. The van der Waals surface area contributed by atoms with E-state index in [-0.39, 0.29) is 0 Å². The molecule has 0 heteroatoms. The summed E-state index contributed by atoms with van der Waals surface area (Å²) in [6.07, 6.45) is 24.8. The fourth-order valence-corrected chi connectivity index (χ4v) is 3.44. The summed E-state index contributed by atoms with van der Waals surface area (Å²) in [5.41, 5.74) is 0. The average molecular weight is 297 g/mol. The van der Waals surface area contributed by atoms with Crippen LogP contribution < -0.4 is 0 Å². The molecule has 1 unspecified atom stereocenters. The van der Waals surface area contributed by atoms with Crippen molar-refractivity contribution >= 4 is 0 Å². The maximum absolute atomic E-state index is 2.36. The molecule has 0 radical (unpaired) electrons. The lowest BCUT2D eigenvalue weighted by atomic mass is 9.91. The van der Waals surface area contributed by atoms with Gasteiger partial charge in [-0.3, -0.25) is 0 Å². The van der Waals surface area contributed by atoms with Gasteiger partial charge in [0, 0.05) is 0 Å². The second-order valence-electron chi connectivity index (χ2n) is 7.12. The van der Waals surface area contributed by atoms with Gasteiger partial charge in [-0.2, -0.15) is 0 Å². The Bertz CT molecular complexity index is 173. The van der Waals surface area contributed by atoms with E-state index in [1.165, 1.54) is 109 Å². The lowest BCUT2D eigenvalue weighted by molar-refractivity contribution is 0.378. The van der Waals surface area contributed by atoms with Crippen LogP contribution in [0.5, 0.6) is 0 Å². The first-order valence-electron chi connectivity index (χ1n) is 10.3. The molecule has 0 aliphatic rings. The van der Waals surface area contributed by atoms with Crippen LogP contribution in [0.15, 0.2) is 0 Å². The van der Waals surface area contributed by atoms with Gasteiger partial charge in [-0.25, -0.2) is 0 Å². The highest BCUT2D eigenvalue weighted by Gasteiger charge is 2.07. The van der Waals surface area contributed by atoms with E-state index >= 15 is 0 Å². The molecule has 128 valence electrons. The van der Waals surface area contributed by atoms with Gasteiger partial charge in [0.15, 0.2) is 0 Å². The molecular weight excluding hydrogens is 252 g/mol. The quantitative estimate of drug-likeness (QED) is 0.237. The van der Waals surface area contributed by atoms with E-state index in [0.29, 0.717) is 0 Å². The van der Waals surface area contributed by atoms with E-state index in [1.54, 1.807) is 0 Å². The standard InChI is InChI=1S/C21H44/c1-4-7-9-11-12-13-14-15-17-20-21(18-6-3)19-16-10-8-5-2/h21H,4-20H2,1-3H3. The molecule has 0 amide bonds. The lowest BCUT2D eigenvalue weighted by Crippen LogP contribution is -2.00.